The summed E-state index contributed by atoms with van der Waals surface area (Å²) in [6.45, 7) is 11.1. The highest BCUT2D eigenvalue weighted by Crippen LogP contribution is 2.45. The van der Waals surface area contributed by atoms with Crippen LogP contribution >= 0.6 is 0 Å². The first-order valence-corrected chi connectivity index (χ1v) is 12.6. The number of carbonyl (C=O) groups excluding carboxylic acids is 1. The number of nitrogens with one attached hydrogen (secondary N) is 1. The summed E-state index contributed by atoms with van der Waals surface area (Å²) in [6.07, 6.45) is 19.9. The Kier molecular flexibility index (Phi) is 9.23. The average Bonchev–Trinajstić information content (AvgIpc) is 3.37. The van der Waals surface area contributed by atoms with E-state index in [4.69, 9.17) is 5.11 Å². The van der Waals surface area contributed by atoms with Crippen molar-refractivity contribution in [3.63, 3.8) is 0 Å². The standard InChI is InChI=1S/C31H37N3O3/c1-22(9-14-27-24(3)28(15-16-31(27,4)5)34-18-17-32-21-34)7-6-8-23(2)19-29(35)33-20-25-10-12-26(13-11-25)30(36)37/h6-14,17-19,21,28H,15-16,20H2,1-5H3,(H,33,35)(H,36,37)/b8-6+,14-9+,22-7+,23-19-. The molecule has 1 aliphatic rings. The highest BCUT2D eigenvalue weighted by atomic mass is 16.4. The van der Waals surface area contributed by atoms with Gasteiger partial charge in [0.1, 0.15) is 0 Å². The number of benzene rings is 1. The Balaban J connectivity index is 1.58. The van der Waals surface area contributed by atoms with E-state index >= 15 is 0 Å². The third kappa shape index (κ3) is 7.78. The number of aromatic carboxylic acids is 1. The van der Waals surface area contributed by atoms with Gasteiger partial charge in [0.05, 0.1) is 17.9 Å². The lowest BCUT2D eigenvalue weighted by Crippen LogP contribution is -2.25. The first-order chi connectivity index (χ1) is 17.6. The van der Waals surface area contributed by atoms with Crippen molar-refractivity contribution in [3.05, 3.63) is 113 Å². The van der Waals surface area contributed by atoms with Crippen molar-refractivity contribution in [2.45, 2.75) is 60.0 Å². The molecular formula is C31H37N3O3. The molecule has 0 bridgehead atoms. The van der Waals surface area contributed by atoms with Crippen LogP contribution in [-0.4, -0.2) is 26.5 Å². The molecule has 1 amide bonds. The number of imidazole rings is 1. The molecule has 1 aliphatic carbocycles. The van der Waals surface area contributed by atoms with Gasteiger partial charge >= 0.3 is 5.97 Å². The number of aromatic nitrogens is 2. The van der Waals surface area contributed by atoms with Gasteiger partial charge in [-0.1, -0.05) is 61.9 Å². The summed E-state index contributed by atoms with van der Waals surface area (Å²) in [5, 5.41) is 11.8. The summed E-state index contributed by atoms with van der Waals surface area (Å²) < 4.78 is 2.20. The van der Waals surface area contributed by atoms with Crippen molar-refractivity contribution in [2.75, 3.05) is 0 Å². The lowest BCUT2D eigenvalue weighted by Gasteiger charge is -2.37. The van der Waals surface area contributed by atoms with E-state index in [9.17, 15) is 9.59 Å². The second-order valence-corrected chi connectivity index (χ2v) is 10.3. The molecule has 6 nitrogen and oxygen atoms in total. The van der Waals surface area contributed by atoms with Gasteiger partial charge in [0, 0.05) is 25.0 Å². The zero-order valence-electron chi connectivity index (χ0n) is 22.4. The number of amides is 1. The predicted octanol–water partition coefficient (Wildman–Crippen LogP) is 6.58. The maximum absolute atomic E-state index is 12.2. The highest BCUT2D eigenvalue weighted by molar-refractivity contribution is 5.89. The Bertz CT molecular complexity index is 1260. The van der Waals surface area contributed by atoms with Crippen LogP contribution < -0.4 is 5.32 Å². The molecule has 1 atom stereocenters. The van der Waals surface area contributed by atoms with Crippen molar-refractivity contribution < 1.29 is 14.7 Å². The molecule has 2 N–H and O–H groups in total. The highest BCUT2D eigenvalue weighted by Gasteiger charge is 2.32. The summed E-state index contributed by atoms with van der Waals surface area (Å²) in [5.41, 5.74) is 5.91. The fourth-order valence-corrected chi connectivity index (χ4v) is 4.63. The molecule has 1 unspecified atom stereocenters. The first-order valence-electron chi connectivity index (χ1n) is 12.6. The minimum absolute atomic E-state index is 0.124. The van der Waals surface area contributed by atoms with Gasteiger partial charge in [-0.3, -0.25) is 4.79 Å². The molecule has 0 aliphatic heterocycles. The SMILES string of the molecule is CC1=C(/C=C/C(C)=C/C=C/C(C)=C\C(=O)NCc2ccc(C(=O)O)cc2)C(C)(C)CCC1n1ccnc1. The van der Waals surface area contributed by atoms with Crippen LogP contribution in [0.2, 0.25) is 0 Å². The summed E-state index contributed by atoms with van der Waals surface area (Å²) in [6, 6.07) is 6.81. The second-order valence-electron chi connectivity index (χ2n) is 10.3. The number of carboxylic acids is 1. The zero-order valence-corrected chi connectivity index (χ0v) is 22.4. The van der Waals surface area contributed by atoms with Crippen LogP contribution in [-0.2, 0) is 11.3 Å². The molecule has 1 aromatic carbocycles. The van der Waals surface area contributed by atoms with Crippen molar-refractivity contribution in [1.29, 1.82) is 0 Å². The Hall–Kier alpha value is -3.93. The van der Waals surface area contributed by atoms with E-state index in [-0.39, 0.29) is 16.9 Å². The summed E-state index contributed by atoms with van der Waals surface area (Å²) in [5.74, 6) is -1.16. The van der Waals surface area contributed by atoms with Crippen LogP contribution in [0.1, 0.15) is 69.4 Å². The van der Waals surface area contributed by atoms with Gasteiger partial charge < -0.3 is 15.0 Å². The maximum Gasteiger partial charge on any atom is 0.335 e. The topological polar surface area (TPSA) is 84.2 Å². The number of rotatable bonds is 9. The fraction of sp³-hybridized carbons (Fsp3) is 0.323. The summed E-state index contributed by atoms with van der Waals surface area (Å²) >= 11 is 0. The first kappa shape index (κ1) is 27.7. The van der Waals surface area contributed by atoms with Gasteiger partial charge in [-0.15, -0.1) is 0 Å². The van der Waals surface area contributed by atoms with E-state index in [0.29, 0.717) is 12.6 Å². The molecule has 3 rings (SSSR count). The van der Waals surface area contributed by atoms with E-state index in [2.05, 4.69) is 54.7 Å². The summed E-state index contributed by atoms with van der Waals surface area (Å²) in [7, 11) is 0. The number of nitrogens with zero attached hydrogens (tertiary/aromatic N) is 2. The molecule has 2 aromatic rings. The van der Waals surface area contributed by atoms with Crippen molar-refractivity contribution >= 4 is 11.9 Å². The minimum atomic E-state index is -0.968. The molecule has 0 spiro atoms. The van der Waals surface area contributed by atoms with Crippen LogP contribution in [0.3, 0.4) is 0 Å². The minimum Gasteiger partial charge on any atom is -0.478 e. The Morgan fingerprint density at radius 1 is 1.16 bits per heavy atom. The fourth-order valence-electron chi connectivity index (χ4n) is 4.63. The molecule has 0 saturated carbocycles. The van der Waals surface area contributed by atoms with Gasteiger partial charge in [0.15, 0.2) is 0 Å². The zero-order chi connectivity index (χ0) is 27.0. The molecule has 194 valence electrons. The van der Waals surface area contributed by atoms with Gasteiger partial charge in [-0.25, -0.2) is 9.78 Å². The smallest absolute Gasteiger partial charge is 0.335 e. The normalized spacial score (nSPS) is 18.6. The van der Waals surface area contributed by atoms with E-state index in [1.54, 1.807) is 18.2 Å². The Labute approximate surface area is 219 Å². The molecule has 37 heavy (non-hydrogen) atoms. The van der Waals surface area contributed by atoms with Crippen molar-refractivity contribution in [2.24, 2.45) is 5.41 Å². The molecule has 0 fully saturated rings. The Morgan fingerprint density at radius 2 is 1.89 bits per heavy atom. The van der Waals surface area contributed by atoms with E-state index in [1.807, 2.05) is 43.9 Å². The van der Waals surface area contributed by atoms with Crippen molar-refractivity contribution in [1.82, 2.24) is 14.9 Å². The quantitative estimate of drug-likeness (QED) is 0.301. The van der Waals surface area contributed by atoms with Crippen molar-refractivity contribution in [3.8, 4) is 0 Å². The molecule has 1 heterocycles. The van der Waals surface area contributed by atoms with Crippen LogP contribution in [0.4, 0.5) is 0 Å². The van der Waals surface area contributed by atoms with E-state index in [1.165, 1.54) is 23.3 Å². The lowest BCUT2D eigenvalue weighted by atomic mass is 9.71. The van der Waals surface area contributed by atoms with Gasteiger partial charge in [-0.2, -0.15) is 0 Å². The second kappa shape index (κ2) is 12.3. The number of hydrogen-bond acceptors (Lipinski definition) is 3. The monoisotopic (exact) mass is 499 g/mol. The van der Waals surface area contributed by atoms with E-state index < -0.39 is 5.97 Å². The Morgan fingerprint density at radius 3 is 2.54 bits per heavy atom. The average molecular weight is 500 g/mol. The molecular weight excluding hydrogens is 462 g/mol. The number of hydrogen-bond donors (Lipinski definition) is 2. The third-order valence-electron chi connectivity index (χ3n) is 6.84. The molecule has 0 saturated heterocycles. The van der Waals surface area contributed by atoms with Gasteiger partial charge in [0.25, 0.3) is 0 Å². The van der Waals surface area contributed by atoms with Crippen LogP contribution in [0.25, 0.3) is 0 Å². The van der Waals surface area contributed by atoms with Gasteiger partial charge in [-0.05, 0) is 73.4 Å². The predicted molar refractivity (Wildman–Crippen MR) is 148 cm³/mol. The van der Waals surface area contributed by atoms with Crippen LogP contribution in [0.15, 0.2) is 102 Å². The number of carbonyl (C=O) groups is 2. The lowest BCUT2D eigenvalue weighted by molar-refractivity contribution is -0.116. The van der Waals surface area contributed by atoms with Gasteiger partial charge in [0.2, 0.25) is 5.91 Å². The number of allylic oxidation sites excluding steroid dienone is 9. The maximum atomic E-state index is 12.2. The van der Waals surface area contributed by atoms with Crippen LogP contribution in [0, 0.1) is 5.41 Å². The molecule has 0 radical (unpaired) electrons. The molecule has 6 heteroatoms. The largest absolute Gasteiger partial charge is 0.478 e. The number of carboxylic acid groups (broad SMARTS) is 1. The molecule has 1 aromatic heterocycles. The third-order valence-corrected chi connectivity index (χ3v) is 6.84. The summed E-state index contributed by atoms with van der Waals surface area (Å²) in [4.78, 5) is 27.4. The van der Waals surface area contributed by atoms with Crippen LogP contribution in [0.5, 0.6) is 0 Å². The van der Waals surface area contributed by atoms with E-state index in [0.717, 1.165) is 29.6 Å².